The summed E-state index contributed by atoms with van der Waals surface area (Å²) < 4.78 is 6.15. The number of aryl methyl sites for hydroxylation is 1. The zero-order chi connectivity index (χ0) is 16.7. The van der Waals surface area contributed by atoms with Gasteiger partial charge in [-0.2, -0.15) is 0 Å². The van der Waals surface area contributed by atoms with E-state index in [0.29, 0.717) is 6.54 Å². The molecule has 2 N–H and O–H groups in total. The van der Waals surface area contributed by atoms with Crippen molar-refractivity contribution in [1.29, 1.82) is 0 Å². The summed E-state index contributed by atoms with van der Waals surface area (Å²) in [7, 11) is 1.65. The van der Waals surface area contributed by atoms with Crippen LogP contribution in [0.5, 0.6) is 5.75 Å². The summed E-state index contributed by atoms with van der Waals surface area (Å²) in [4.78, 5) is 11.9. The number of benzene rings is 2. The number of methoxy groups -OCH3 is 1. The summed E-state index contributed by atoms with van der Waals surface area (Å²) in [5.74, 6) is 0.821. The SMILES string of the molecule is COc1ccc(CCNC(=O)CNc2ccc(C)c(Br)c2)cc1. The molecule has 122 valence electrons. The lowest BCUT2D eigenvalue weighted by Crippen LogP contribution is -2.31. The van der Waals surface area contributed by atoms with Crippen molar-refractivity contribution in [2.24, 2.45) is 0 Å². The van der Waals surface area contributed by atoms with Gasteiger partial charge in [-0.1, -0.05) is 34.1 Å². The van der Waals surface area contributed by atoms with E-state index in [1.165, 1.54) is 11.1 Å². The Morgan fingerprint density at radius 2 is 1.91 bits per heavy atom. The number of ether oxygens (including phenoxy) is 1. The number of rotatable bonds is 7. The van der Waals surface area contributed by atoms with E-state index in [-0.39, 0.29) is 12.5 Å². The van der Waals surface area contributed by atoms with Crippen LogP contribution in [0.4, 0.5) is 5.69 Å². The molecule has 0 spiro atoms. The summed E-state index contributed by atoms with van der Waals surface area (Å²) in [5.41, 5.74) is 3.26. The average molecular weight is 377 g/mol. The number of amides is 1. The Hall–Kier alpha value is -2.01. The standard InChI is InChI=1S/C18H21BrN2O2/c1-13-3-6-15(11-17(13)19)21-12-18(22)20-10-9-14-4-7-16(23-2)8-5-14/h3-8,11,21H,9-10,12H2,1-2H3,(H,20,22). The van der Waals surface area contributed by atoms with E-state index >= 15 is 0 Å². The number of anilines is 1. The van der Waals surface area contributed by atoms with E-state index in [9.17, 15) is 4.79 Å². The summed E-state index contributed by atoms with van der Waals surface area (Å²) in [6.45, 7) is 2.91. The van der Waals surface area contributed by atoms with Crippen molar-refractivity contribution < 1.29 is 9.53 Å². The van der Waals surface area contributed by atoms with E-state index in [4.69, 9.17) is 4.74 Å². The van der Waals surface area contributed by atoms with Gasteiger partial charge in [-0.3, -0.25) is 4.79 Å². The highest BCUT2D eigenvalue weighted by Crippen LogP contribution is 2.20. The average Bonchev–Trinajstić information content (AvgIpc) is 2.56. The minimum atomic E-state index is -0.0183. The van der Waals surface area contributed by atoms with Crippen LogP contribution in [-0.2, 0) is 11.2 Å². The van der Waals surface area contributed by atoms with Crippen molar-refractivity contribution in [1.82, 2.24) is 5.32 Å². The Morgan fingerprint density at radius 3 is 2.57 bits per heavy atom. The molecule has 0 aliphatic rings. The Kier molecular flexibility index (Phi) is 6.47. The third-order valence-electron chi connectivity index (χ3n) is 3.52. The lowest BCUT2D eigenvalue weighted by molar-refractivity contribution is -0.119. The third kappa shape index (κ3) is 5.60. The molecular weight excluding hydrogens is 356 g/mol. The monoisotopic (exact) mass is 376 g/mol. The molecule has 0 aliphatic carbocycles. The maximum atomic E-state index is 11.9. The fourth-order valence-electron chi connectivity index (χ4n) is 2.09. The molecule has 23 heavy (non-hydrogen) atoms. The summed E-state index contributed by atoms with van der Waals surface area (Å²) in [6.07, 6.45) is 0.797. The minimum Gasteiger partial charge on any atom is -0.497 e. The first kappa shape index (κ1) is 17.3. The molecule has 0 fully saturated rings. The van der Waals surface area contributed by atoms with Crippen molar-refractivity contribution in [2.75, 3.05) is 25.5 Å². The topological polar surface area (TPSA) is 50.4 Å². The van der Waals surface area contributed by atoms with Gasteiger partial charge in [0.25, 0.3) is 0 Å². The van der Waals surface area contributed by atoms with Gasteiger partial charge in [0, 0.05) is 16.7 Å². The van der Waals surface area contributed by atoms with Gasteiger partial charge in [-0.05, 0) is 48.7 Å². The second kappa shape index (κ2) is 8.58. The van der Waals surface area contributed by atoms with Gasteiger partial charge < -0.3 is 15.4 Å². The maximum absolute atomic E-state index is 11.9. The second-order valence-corrected chi connectivity index (χ2v) is 6.12. The predicted octanol–water partition coefficient (Wildman–Crippen LogP) is 3.54. The molecule has 0 radical (unpaired) electrons. The lowest BCUT2D eigenvalue weighted by atomic mass is 10.1. The van der Waals surface area contributed by atoms with Crippen molar-refractivity contribution in [2.45, 2.75) is 13.3 Å². The van der Waals surface area contributed by atoms with Gasteiger partial charge in [-0.25, -0.2) is 0 Å². The first-order valence-corrected chi connectivity index (χ1v) is 8.27. The van der Waals surface area contributed by atoms with Crippen LogP contribution in [0, 0.1) is 6.92 Å². The molecule has 0 heterocycles. The zero-order valence-electron chi connectivity index (χ0n) is 13.4. The van der Waals surface area contributed by atoms with Gasteiger partial charge >= 0.3 is 0 Å². The molecule has 2 rings (SSSR count). The number of carbonyl (C=O) groups excluding carboxylic acids is 1. The largest absolute Gasteiger partial charge is 0.497 e. The molecule has 0 saturated heterocycles. The molecule has 0 aromatic heterocycles. The summed E-state index contributed by atoms with van der Waals surface area (Å²) in [6, 6.07) is 13.8. The number of hydrogen-bond acceptors (Lipinski definition) is 3. The van der Waals surface area contributed by atoms with E-state index in [0.717, 1.165) is 22.3 Å². The van der Waals surface area contributed by atoms with Gasteiger partial charge in [0.05, 0.1) is 13.7 Å². The molecule has 4 nitrogen and oxygen atoms in total. The summed E-state index contributed by atoms with van der Waals surface area (Å²) >= 11 is 3.48. The first-order chi connectivity index (χ1) is 11.1. The van der Waals surface area contributed by atoms with Gasteiger partial charge in [0.2, 0.25) is 5.91 Å². The zero-order valence-corrected chi connectivity index (χ0v) is 14.9. The molecule has 0 bridgehead atoms. The molecule has 1 amide bonds. The maximum Gasteiger partial charge on any atom is 0.239 e. The predicted molar refractivity (Wildman–Crippen MR) is 97.1 cm³/mol. The first-order valence-electron chi connectivity index (χ1n) is 7.48. The molecule has 0 unspecified atom stereocenters. The Morgan fingerprint density at radius 1 is 1.17 bits per heavy atom. The van der Waals surface area contributed by atoms with Crippen LogP contribution in [0.25, 0.3) is 0 Å². The summed E-state index contributed by atoms with van der Waals surface area (Å²) in [5, 5.41) is 6.03. The van der Waals surface area contributed by atoms with E-state index in [1.807, 2.05) is 49.4 Å². The Bertz CT molecular complexity index is 657. The molecule has 5 heteroatoms. The fourth-order valence-corrected chi connectivity index (χ4v) is 2.46. The highest BCUT2D eigenvalue weighted by Gasteiger charge is 2.02. The van der Waals surface area contributed by atoms with Crippen LogP contribution in [0.3, 0.4) is 0 Å². The number of halogens is 1. The van der Waals surface area contributed by atoms with Crippen LogP contribution in [0.1, 0.15) is 11.1 Å². The van der Waals surface area contributed by atoms with Gasteiger partial charge in [-0.15, -0.1) is 0 Å². The van der Waals surface area contributed by atoms with Crippen LogP contribution in [0.15, 0.2) is 46.9 Å². The fraction of sp³-hybridized carbons (Fsp3) is 0.278. The number of carbonyl (C=O) groups is 1. The Balaban J connectivity index is 1.71. The van der Waals surface area contributed by atoms with Crippen molar-refractivity contribution >= 4 is 27.5 Å². The van der Waals surface area contributed by atoms with E-state index in [1.54, 1.807) is 7.11 Å². The van der Waals surface area contributed by atoms with E-state index < -0.39 is 0 Å². The number of hydrogen-bond donors (Lipinski definition) is 2. The molecule has 0 atom stereocenters. The highest BCUT2D eigenvalue weighted by atomic mass is 79.9. The van der Waals surface area contributed by atoms with Crippen LogP contribution < -0.4 is 15.4 Å². The third-order valence-corrected chi connectivity index (χ3v) is 4.37. The highest BCUT2D eigenvalue weighted by molar-refractivity contribution is 9.10. The van der Waals surface area contributed by atoms with Gasteiger partial charge in [0.1, 0.15) is 5.75 Å². The molecular formula is C18H21BrN2O2. The van der Waals surface area contributed by atoms with Crippen LogP contribution in [-0.4, -0.2) is 26.1 Å². The minimum absolute atomic E-state index is 0.0183. The van der Waals surface area contributed by atoms with E-state index in [2.05, 4.69) is 26.6 Å². The lowest BCUT2D eigenvalue weighted by Gasteiger charge is -2.09. The quantitative estimate of drug-likeness (QED) is 0.776. The van der Waals surface area contributed by atoms with Crippen molar-refractivity contribution in [3.05, 3.63) is 58.1 Å². The van der Waals surface area contributed by atoms with Crippen LogP contribution >= 0.6 is 15.9 Å². The van der Waals surface area contributed by atoms with Crippen molar-refractivity contribution in [3.63, 3.8) is 0 Å². The smallest absolute Gasteiger partial charge is 0.239 e. The van der Waals surface area contributed by atoms with Crippen molar-refractivity contribution in [3.8, 4) is 5.75 Å². The molecule has 0 saturated carbocycles. The van der Waals surface area contributed by atoms with Crippen LogP contribution in [0.2, 0.25) is 0 Å². The molecule has 2 aromatic carbocycles. The Labute approximate surface area is 145 Å². The second-order valence-electron chi connectivity index (χ2n) is 5.27. The number of nitrogens with one attached hydrogen (secondary N) is 2. The normalized spacial score (nSPS) is 10.2. The molecule has 0 aliphatic heterocycles. The molecule has 2 aromatic rings. The van der Waals surface area contributed by atoms with Gasteiger partial charge in [0.15, 0.2) is 0 Å².